The highest BCUT2D eigenvalue weighted by molar-refractivity contribution is 7.18. The van der Waals surface area contributed by atoms with Gasteiger partial charge in [0.15, 0.2) is 5.78 Å². The number of carboxylic acid groups (broad SMARTS) is 1. The SMILES string of the molecule is CC(CC(=O)c1ccc(Cl)s1)C(=O)[N@@+]1(C(=O)O)CCCC1C. The molecule has 0 saturated carbocycles. The van der Waals surface area contributed by atoms with Gasteiger partial charge in [-0.2, -0.15) is 9.28 Å². The first-order valence-electron chi connectivity index (χ1n) is 7.23. The van der Waals surface area contributed by atoms with Gasteiger partial charge in [0, 0.05) is 19.3 Å². The maximum Gasteiger partial charge on any atom is 0.521 e. The highest BCUT2D eigenvalue weighted by atomic mass is 35.5. The molecule has 120 valence electrons. The molecule has 0 bridgehead atoms. The number of carbonyl (C=O) groups excluding carboxylic acids is 2. The van der Waals surface area contributed by atoms with E-state index in [1.807, 2.05) is 0 Å². The maximum atomic E-state index is 12.7. The van der Waals surface area contributed by atoms with Gasteiger partial charge in [0.05, 0.1) is 21.7 Å². The minimum absolute atomic E-state index is 0.00960. The van der Waals surface area contributed by atoms with E-state index >= 15 is 0 Å². The van der Waals surface area contributed by atoms with E-state index in [4.69, 9.17) is 11.6 Å². The molecule has 2 unspecified atom stereocenters. The molecule has 7 heteroatoms. The Morgan fingerprint density at radius 3 is 2.59 bits per heavy atom. The largest absolute Gasteiger partial charge is 0.521 e. The number of thiophene rings is 1. The van der Waals surface area contributed by atoms with Crippen molar-refractivity contribution in [3.05, 3.63) is 21.3 Å². The Kier molecular flexibility index (Phi) is 5.04. The van der Waals surface area contributed by atoms with Crippen molar-refractivity contribution >= 4 is 40.7 Å². The molecule has 0 radical (unpaired) electrons. The maximum absolute atomic E-state index is 12.7. The van der Waals surface area contributed by atoms with E-state index in [9.17, 15) is 19.5 Å². The molecule has 2 amide bonds. The average molecular weight is 345 g/mol. The van der Waals surface area contributed by atoms with Crippen molar-refractivity contribution in [3.63, 3.8) is 0 Å². The second-order valence-corrected chi connectivity index (χ2v) is 7.55. The summed E-state index contributed by atoms with van der Waals surface area (Å²) in [5.41, 5.74) is 0. The minimum atomic E-state index is -1.12. The van der Waals surface area contributed by atoms with Gasteiger partial charge in [-0.15, -0.1) is 11.3 Å². The number of quaternary nitrogens is 1. The molecular formula is C15H19ClNO4S+. The van der Waals surface area contributed by atoms with Crippen LogP contribution in [0, 0.1) is 5.92 Å². The number of ketones is 1. The van der Waals surface area contributed by atoms with Crippen molar-refractivity contribution in [3.8, 4) is 0 Å². The van der Waals surface area contributed by atoms with Crippen molar-refractivity contribution in [1.82, 2.24) is 0 Å². The number of Topliss-reactive ketones (excluding diaryl/α,β-unsaturated/α-hetero) is 1. The summed E-state index contributed by atoms with van der Waals surface area (Å²) in [6.45, 7) is 3.72. The number of imide groups is 1. The molecule has 1 fully saturated rings. The Morgan fingerprint density at radius 2 is 2.14 bits per heavy atom. The van der Waals surface area contributed by atoms with Gasteiger partial charge >= 0.3 is 12.0 Å². The van der Waals surface area contributed by atoms with Crippen LogP contribution in [0.1, 0.15) is 42.8 Å². The topological polar surface area (TPSA) is 71.4 Å². The van der Waals surface area contributed by atoms with Crippen LogP contribution in [-0.4, -0.2) is 40.0 Å². The molecule has 22 heavy (non-hydrogen) atoms. The molecule has 0 spiro atoms. The van der Waals surface area contributed by atoms with Gasteiger partial charge < -0.3 is 5.11 Å². The first-order valence-corrected chi connectivity index (χ1v) is 8.42. The predicted molar refractivity (Wildman–Crippen MR) is 84.3 cm³/mol. The van der Waals surface area contributed by atoms with Gasteiger partial charge in [-0.3, -0.25) is 4.79 Å². The summed E-state index contributed by atoms with van der Waals surface area (Å²) in [6.07, 6.45) is 0.309. The summed E-state index contributed by atoms with van der Waals surface area (Å²) in [5.74, 6) is -1.19. The van der Waals surface area contributed by atoms with E-state index in [0.29, 0.717) is 28.6 Å². The first-order chi connectivity index (χ1) is 10.3. The van der Waals surface area contributed by atoms with Gasteiger partial charge in [0.1, 0.15) is 6.04 Å². The fraction of sp³-hybridized carbons (Fsp3) is 0.533. The Morgan fingerprint density at radius 1 is 1.45 bits per heavy atom. The fourth-order valence-electron chi connectivity index (χ4n) is 3.11. The molecule has 0 aromatic carbocycles. The fourth-order valence-corrected chi connectivity index (χ4v) is 4.10. The van der Waals surface area contributed by atoms with Crippen LogP contribution < -0.4 is 0 Å². The average Bonchev–Trinajstić information content (AvgIpc) is 3.04. The standard InChI is InChI=1S/C15H18ClNO4S/c1-9(8-11(18)12-5-6-13(16)22-12)14(19)17(15(20)21)7-3-4-10(17)2/h5-6,9-10H,3-4,7-8H2,1-2H3/p+1/t9?,10?,17-/m1/s1. The van der Waals surface area contributed by atoms with Gasteiger partial charge in [0.2, 0.25) is 0 Å². The Balaban J connectivity index is 2.14. The monoisotopic (exact) mass is 344 g/mol. The summed E-state index contributed by atoms with van der Waals surface area (Å²) < 4.78 is -0.0378. The molecule has 0 aliphatic carbocycles. The Hall–Kier alpha value is -1.24. The molecule has 1 N–H and O–H groups in total. The van der Waals surface area contributed by atoms with Gasteiger partial charge in [-0.1, -0.05) is 11.6 Å². The predicted octanol–water partition coefficient (Wildman–Crippen LogP) is 3.81. The molecule has 1 aliphatic rings. The lowest BCUT2D eigenvalue weighted by molar-refractivity contribution is -0.794. The van der Waals surface area contributed by atoms with E-state index in [1.54, 1.807) is 26.0 Å². The second-order valence-electron chi connectivity index (χ2n) is 5.84. The molecule has 2 heterocycles. The molecule has 2 rings (SSSR count). The molecule has 1 aromatic rings. The summed E-state index contributed by atoms with van der Waals surface area (Å²) in [4.78, 5) is 37.1. The van der Waals surface area contributed by atoms with Crippen molar-refractivity contribution in [2.75, 3.05) is 6.54 Å². The van der Waals surface area contributed by atoms with Crippen LogP contribution in [0.5, 0.6) is 0 Å². The smallest absolute Gasteiger partial charge is 0.435 e. The molecular weight excluding hydrogens is 326 g/mol. The zero-order valence-corrected chi connectivity index (χ0v) is 14.1. The van der Waals surface area contributed by atoms with Crippen molar-refractivity contribution in [1.29, 1.82) is 0 Å². The number of amides is 2. The van der Waals surface area contributed by atoms with Crippen LogP contribution in [0.15, 0.2) is 12.1 Å². The van der Waals surface area contributed by atoms with Crippen molar-refractivity contribution in [2.45, 2.75) is 39.2 Å². The highest BCUT2D eigenvalue weighted by Gasteiger charge is 2.54. The van der Waals surface area contributed by atoms with Gasteiger partial charge in [-0.25, -0.2) is 4.79 Å². The van der Waals surface area contributed by atoms with E-state index in [1.165, 1.54) is 11.3 Å². The third-order valence-electron chi connectivity index (χ3n) is 4.38. The highest BCUT2D eigenvalue weighted by Crippen LogP contribution is 2.31. The first kappa shape index (κ1) is 17.1. The minimum Gasteiger partial charge on any atom is -0.435 e. The van der Waals surface area contributed by atoms with Crippen molar-refractivity contribution < 1.29 is 24.0 Å². The zero-order valence-electron chi connectivity index (χ0n) is 12.5. The number of likely N-dealkylation sites (tertiary alicyclic amines) is 1. The van der Waals surface area contributed by atoms with E-state index in [-0.39, 0.29) is 24.2 Å². The van der Waals surface area contributed by atoms with Gasteiger partial charge in [0.25, 0.3) is 0 Å². The number of rotatable bonds is 4. The van der Waals surface area contributed by atoms with Crippen LogP contribution in [0.3, 0.4) is 0 Å². The quantitative estimate of drug-likeness (QED) is 0.666. The molecule has 1 saturated heterocycles. The lowest BCUT2D eigenvalue weighted by atomic mass is 10.0. The Labute approximate surface area is 138 Å². The van der Waals surface area contributed by atoms with Crippen LogP contribution in [0.25, 0.3) is 0 Å². The molecule has 5 nitrogen and oxygen atoms in total. The number of halogens is 1. The lowest BCUT2D eigenvalue weighted by Crippen LogP contribution is -2.60. The van der Waals surface area contributed by atoms with Crippen LogP contribution in [-0.2, 0) is 4.79 Å². The summed E-state index contributed by atoms with van der Waals surface area (Å²) in [6, 6.07) is 3.02. The number of hydrogen-bond donors (Lipinski definition) is 1. The number of carbonyl (C=O) groups is 3. The normalized spacial score (nSPS) is 25.9. The van der Waals surface area contributed by atoms with E-state index in [0.717, 1.165) is 0 Å². The third kappa shape index (κ3) is 2.95. The third-order valence-corrected chi connectivity index (χ3v) is 5.65. The lowest BCUT2D eigenvalue weighted by Gasteiger charge is -2.31. The summed E-state index contributed by atoms with van der Waals surface area (Å²) in [7, 11) is 0. The Bertz CT molecular complexity index is 614. The molecule has 3 atom stereocenters. The summed E-state index contributed by atoms with van der Waals surface area (Å²) in [5, 5.41) is 9.56. The van der Waals surface area contributed by atoms with Crippen LogP contribution >= 0.6 is 22.9 Å². The zero-order chi connectivity index (χ0) is 16.5. The molecule has 1 aromatic heterocycles. The van der Waals surface area contributed by atoms with Crippen molar-refractivity contribution in [2.24, 2.45) is 5.92 Å². The molecule has 1 aliphatic heterocycles. The number of hydrogen-bond acceptors (Lipinski definition) is 4. The van der Waals surface area contributed by atoms with E-state index in [2.05, 4.69) is 0 Å². The second kappa shape index (κ2) is 6.48. The summed E-state index contributed by atoms with van der Waals surface area (Å²) >= 11 is 6.98. The number of nitrogens with zero attached hydrogens (tertiary/aromatic N) is 1. The van der Waals surface area contributed by atoms with Gasteiger partial charge in [-0.05, 0) is 26.0 Å². The van der Waals surface area contributed by atoms with E-state index < -0.39 is 16.5 Å². The van der Waals surface area contributed by atoms with Crippen LogP contribution in [0.4, 0.5) is 4.79 Å². The van der Waals surface area contributed by atoms with Crippen LogP contribution in [0.2, 0.25) is 4.34 Å².